The van der Waals surface area contributed by atoms with E-state index >= 15 is 0 Å². The van der Waals surface area contributed by atoms with Crippen molar-refractivity contribution in [1.29, 1.82) is 0 Å². The quantitative estimate of drug-likeness (QED) is 0.659. The average Bonchev–Trinajstić information content (AvgIpc) is 2.48. The van der Waals surface area contributed by atoms with Gasteiger partial charge in [0.2, 0.25) is 0 Å². The van der Waals surface area contributed by atoms with Gasteiger partial charge in [-0.2, -0.15) is 5.10 Å². The third-order valence-electron chi connectivity index (χ3n) is 2.64. The van der Waals surface area contributed by atoms with Crippen LogP contribution in [0.1, 0.15) is 26.3 Å². The number of aromatic carboxylic acids is 1. The number of nitrogens with zero attached hydrogens (tertiary/aromatic N) is 1. The maximum atomic E-state index is 11.8. The molecule has 0 aliphatic heterocycles. The third-order valence-corrected chi connectivity index (χ3v) is 3.17. The first kappa shape index (κ1) is 14.9. The van der Waals surface area contributed by atoms with Crippen molar-refractivity contribution < 1.29 is 14.7 Å². The fourth-order valence-electron chi connectivity index (χ4n) is 1.54. The van der Waals surface area contributed by atoms with E-state index in [0.717, 1.165) is 4.47 Å². The molecule has 2 aromatic rings. The standard InChI is InChI=1S/C15H11BrN2O3/c16-13-7-5-11(6-8-13)14(19)18-17-9-10-1-3-12(4-2-10)15(20)21/h1-9H,(H,18,19)(H,20,21)/b17-9+. The lowest BCUT2D eigenvalue weighted by molar-refractivity contribution is 0.0696. The van der Waals surface area contributed by atoms with Crippen LogP contribution in [0, 0.1) is 0 Å². The second kappa shape index (κ2) is 6.81. The first-order chi connectivity index (χ1) is 10.1. The molecule has 2 aromatic carbocycles. The number of amides is 1. The zero-order valence-electron chi connectivity index (χ0n) is 10.8. The van der Waals surface area contributed by atoms with E-state index in [9.17, 15) is 9.59 Å². The number of carbonyl (C=O) groups is 2. The molecule has 0 saturated heterocycles. The van der Waals surface area contributed by atoms with Gasteiger partial charge in [-0.05, 0) is 42.0 Å². The lowest BCUT2D eigenvalue weighted by Crippen LogP contribution is -2.17. The van der Waals surface area contributed by atoms with Crippen molar-refractivity contribution in [2.45, 2.75) is 0 Å². The molecule has 1 amide bonds. The highest BCUT2D eigenvalue weighted by Gasteiger charge is 2.03. The number of nitrogens with one attached hydrogen (secondary N) is 1. The highest BCUT2D eigenvalue weighted by molar-refractivity contribution is 9.10. The van der Waals surface area contributed by atoms with E-state index in [2.05, 4.69) is 26.5 Å². The molecule has 106 valence electrons. The molecule has 0 aromatic heterocycles. The minimum atomic E-state index is -0.984. The molecule has 5 nitrogen and oxygen atoms in total. The molecule has 2 N–H and O–H groups in total. The molecule has 0 spiro atoms. The number of carboxylic acids is 1. The molecule has 0 atom stereocenters. The maximum absolute atomic E-state index is 11.8. The Morgan fingerprint density at radius 2 is 1.57 bits per heavy atom. The van der Waals surface area contributed by atoms with Crippen LogP contribution in [0.5, 0.6) is 0 Å². The van der Waals surface area contributed by atoms with Crippen LogP contribution in [-0.4, -0.2) is 23.2 Å². The Kier molecular flexibility index (Phi) is 4.84. The smallest absolute Gasteiger partial charge is 0.335 e. The zero-order valence-corrected chi connectivity index (χ0v) is 12.4. The molecular weight excluding hydrogens is 336 g/mol. The highest BCUT2D eigenvalue weighted by Crippen LogP contribution is 2.10. The van der Waals surface area contributed by atoms with Crippen LogP contribution in [0.15, 0.2) is 58.1 Å². The number of carboxylic acid groups (broad SMARTS) is 1. The lowest BCUT2D eigenvalue weighted by atomic mass is 10.1. The lowest BCUT2D eigenvalue weighted by Gasteiger charge is -2.00. The summed E-state index contributed by atoms with van der Waals surface area (Å²) in [4.78, 5) is 22.5. The summed E-state index contributed by atoms with van der Waals surface area (Å²) >= 11 is 3.29. The number of rotatable bonds is 4. The minimum absolute atomic E-state index is 0.200. The maximum Gasteiger partial charge on any atom is 0.335 e. The summed E-state index contributed by atoms with van der Waals surface area (Å²) in [5.41, 5.74) is 3.79. The summed E-state index contributed by atoms with van der Waals surface area (Å²) in [7, 11) is 0. The van der Waals surface area contributed by atoms with Crippen molar-refractivity contribution in [2.24, 2.45) is 5.10 Å². The number of hydrogen-bond donors (Lipinski definition) is 2. The van der Waals surface area contributed by atoms with E-state index in [-0.39, 0.29) is 11.5 Å². The highest BCUT2D eigenvalue weighted by atomic mass is 79.9. The zero-order chi connectivity index (χ0) is 15.2. The first-order valence-electron chi connectivity index (χ1n) is 5.98. The van der Waals surface area contributed by atoms with E-state index in [1.54, 1.807) is 36.4 Å². The van der Waals surface area contributed by atoms with Crippen LogP contribution < -0.4 is 5.43 Å². The van der Waals surface area contributed by atoms with Crippen molar-refractivity contribution >= 4 is 34.0 Å². The Labute approximate surface area is 129 Å². The fourth-order valence-corrected chi connectivity index (χ4v) is 1.81. The minimum Gasteiger partial charge on any atom is -0.478 e. The molecule has 0 bridgehead atoms. The topological polar surface area (TPSA) is 78.8 Å². The summed E-state index contributed by atoms with van der Waals surface area (Å²) in [5, 5.41) is 12.6. The molecule has 0 unspecified atom stereocenters. The van der Waals surface area contributed by atoms with Crippen molar-refractivity contribution in [3.8, 4) is 0 Å². The third kappa shape index (κ3) is 4.25. The molecule has 0 aliphatic carbocycles. The predicted molar refractivity (Wildman–Crippen MR) is 82.6 cm³/mol. The second-order valence-corrected chi connectivity index (χ2v) is 5.05. The van der Waals surface area contributed by atoms with E-state index in [1.165, 1.54) is 18.3 Å². The van der Waals surface area contributed by atoms with Gasteiger partial charge in [0.1, 0.15) is 0 Å². The SMILES string of the molecule is O=C(O)c1ccc(/C=N/NC(=O)c2ccc(Br)cc2)cc1. The van der Waals surface area contributed by atoms with Gasteiger partial charge < -0.3 is 5.11 Å². The van der Waals surface area contributed by atoms with E-state index < -0.39 is 5.97 Å². The molecule has 0 saturated carbocycles. The monoisotopic (exact) mass is 346 g/mol. The average molecular weight is 347 g/mol. The molecule has 21 heavy (non-hydrogen) atoms. The number of hydrazone groups is 1. The summed E-state index contributed by atoms with van der Waals surface area (Å²) in [6, 6.07) is 13.1. The molecule has 6 heteroatoms. The molecular formula is C15H11BrN2O3. The number of hydrogen-bond acceptors (Lipinski definition) is 3. The number of halogens is 1. The van der Waals surface area contributed by atoms with Gasteiger partial charge in [0.05, 0.1) is 11.8 Å². The van der Waals surface area contributed by atoms with Crippen molar-refractivity contribution in [3.05, 3.63) is 69.7 Å². The van der Waals surface area contributed by atoms with Crippen LogP contribution in [0.3, 0.4) is 0 Å². The molecule has 0 radical (unpaired) electrons. The number of carbonyl (C=O) groups excluding carboxylic acids is 1. The van der Waals surface area contributed by atoms with Crippen LogP contribution in [0.2, 0.25) is 0 Å². The normalized spacial score (nSPS) is 10.5. The van der Waals surface area contributed by atoms with E-state index in [1.807, 2.05) is 0 Å². The van der Waals surface area contributed by atoms with E-state index in [4.69, 9.17) is 5.11 Å². The Morgan fingerprint density at radius 3 is 2.14 bits per heavy atom. The molecule has 0 heterocycles. The van der Waals surface area contributed by atoms with Crippen molar-refractivity contribution in [2.75, 3.05) is 0 Å². The van der Waals surface area contributed by atoms with Crippen molar-refractivity contribution in [3.63, 3.8) is 0 Å². The van der Waals surface area contributed by atoms with Gasteiger partial charge in [-0.25, -0.2) is 10.2 Å². The first-order valence-corrected chi connectivity index (χ1v) is 6.78. The van der Waals surface area contributed by atoms with Crippen molar-refractivity contribution in [1.82, 2.24) is 5.43 Å². The Balaban J connectivity index is 1.97. The van der Waals surface area contributed by atoms with Gasteiger partial charge in [0.15, 0.2) is 0 Å². The Bertz CT molecular complexity index is 679. The second-order valence-electron chi connectivity index (χ2n) is 4.13. The molecule has 0 aliphatic rings. The Morgan fingerprint density at radius 1 is 1.00 bits per heavy atom. The van der Waals surface area contributed by atoms with Crippen LogP contribution in [0.4, 0.5) is 0 Å². The van der Waals surface area contributed by atoms with Crippen LogP contribution in [0.25, 0.3) is 0 Å². The number of benzene rings is 2. The van der Waals surface area contributed by atoms with Gasteiger partial charge in [0, 0.05) is 10.0 Å². The summed E-state index contributed by atoms with van der Waals surface area (Å²) < 4.78 is 0.890. The molecule has 2 rings (SSSR count). The predicted octanol–water partition coefficient (Wildman–Crippen LogP) is 2.91. The van der Waals surface area contributed by atoms with Gasteiger partial charge in [-0.3, -0.25) is 4.79 Å². The van der Waals surface area contributed by atoms with Gasteiger partial charge in [0.25, 0.3) is 5.91 Å². The van der Waals surface area contributed by atoms with Crippen LogP contribution >= 0.6 is 15.9 Å². The van der Waals surface area contributed by atoms with Gasteiger partial charge in [-0.15, -0.1) is 0 Å². The summed E-state index contributed by atoms with van der Waals surface area (Å²) in [6.45, 7) is 0. The van der Waals surface area contributed by atoms with Gasteiger partial charge >= 0.3 is 5.97 Å². The summed E-state index contributed by atoms with van der Waals surface area (Å²) in [5.74, 6) is -1.30. The molecule has 0 fully saturated rings. The Hall–Kier alpha value is -2.47. The largest absolute Gasteiger partial charge is 0.478 e. The van der Waals surface area contributed by atoms with E-state index in [0.29, 0.717) is 11.1 Å². The van der Waals surface area contributed by atoms with Gasteiger partial charge in [-0.1, -0.05) is 28.1 Å². The fraction of sp³-hybridized carbons (Fsp3) is 0. The summed E-state index contributed by atoms with van der Waals surface area (Å²) in [6.07, 6.45) is 1.45. The van der Waals surface area contributed by atoms with Crippen LogP contribution in [-0.2, 0) is 0 Å².